The summed E-state index contributed by atoms with van der Waals surface area (Å²) in [6, 6.07) is 6.86. The molecule has 0 saturated carbocycles. The number of H-pyrrole nitrogens is 1. The molecule has 0 aliphatic heterocycles. The van der Waals surface area contributed by atoms with Gasteiger partial charge in [-0.05, 0) is 19.4 Å². The molecule has 6 heteroatoms. The van der Waals surface area contributed by atoms with E-state index >= 15 is 0 Å². The maximum absolute atomic E-state index is 12.6. The normalized spacial score (nSPS) is 13.6. The van der Waals surface area contributed by atoms with Crippen LogP contribution in [0.5, 0.6) is 0 Å². The Morgan fingerprint density at radius 2 is 1.79 bits per heavy atom. The highest BCUT2D eigenvalue weighted by atomic mass is 19.4. The molecule has 0 saturated heterocycles. The summed E-state index contributed by atoms with van der Waals surface area (Å²) in [4.78, 5) is 6.27. The third-order valence-electron chi connectivity index (χ3n) is 2.86. The van der Waals surface area contributed by atoms with Gasteiger partial charge in [0.15, 0.2) is 5.69 Å². The molecule has 102 valence electrons. The number of aromatic amines is 1. The monoisotopic (exact) mass is 269 g/mol. The lowest BCUT2D eigenvalue weighted by atomic mass is 10.1. The van der Waals surface area contributed by atoms with E-state index in [9.17, 15) is 13.2 Å². The summed E-state index contributed by atoms with van der Waals surface area (Å²) in [5.41, 5.74) is 6.37. The number of halogens is 3. The molecule has 3 N–H and O–H groups in total. The van der Waals surface area contributed by atoms with Crippen molar-refractivity contribution in [3.8, 4) is 11.4 Å². The maximum Gasteiger partial charge on any atom is 0.435 e. The van der Waals surface area contributed by atoms with Gasteiger partial charge >= 0.3 is 6.18 Å². The van der Waals surface area contributed by atoms with Crippen LogP contribution in [0.25, 0.3) is 11.4 Å². The van der Waals surface area contributed by atoms with Gasteiger partial charge in [0, 0.05) is 17.3 Å². The Morgan fingerprint density at radius 1 is 1.21 bits per heavy atom. The van der Waals surface area contributed by atoms with Crippen molar-refractivity contribution in [2.24, 2.45) is 5.73 Å². The Hall–Kier alpha value is -1.82. The number of alkyl halides is 3. The first kappa shape index (κ1) is 13.6. The Kier molecular flexibility index (Phi) is 3.36. The molecule has 0 fully saturated rings. The second kappa shape index (κ2) is 4.70. The molecule has 3 nitrogen and oxygen atoms in total. The molecule has 1 atom stereocenters. The van der Waals surface area contributed by atoms with Crippen molar-refractivity contribution >= 4 is 0 Å². The minimum Gasteiger partial charge on any atom is -0.342 e. The van der Waals surface area contributed by atoms with E-state index in [0.29, 0.717) is 5.56 Å². The number of nitrogens with one attached hydrogen (secondary N) is 1. The van der Waals surface area contributed by atoms with Gasteiger partial charge in [-0.15, -0.1) is 0 Å². The zero-order valence-corrected chi connectivity index (χ0v) is 10.5. The van der Waals surface area contributed by atoms with Gasteiger partial charge in [-0.2, -0.15) is 13.2 Å². The first-order valence-electron chi connectivity index (χ1n) is 5.78. The lowest BCUT2D eigenvalue weighted by Gasteiger charge is -2.05. The molecule has 2 aromatic rings. The zero-order chi connectivity index (χ0) is 14.2. The first-order chi connectivity index (χ1) is 8.79. The summed E-state index contributed by atoms with van der Waals surface area (Å²) < 4.78 is 37.9. The van der Waals surface area contributed by atoms with E-state index in [1.165, 1.54) is 6.92 Å². The molecule has 1 aromatic carbocycles. The molecular weight excluding hydrogens is 255 g/mol. The van der Waals surface area contributed by atoms with Crippen molar-refractivity contribution in [1.82, 2.24) is 9.97 Å². The van der Waals surface area contributed by atoms with Crippen LogP contribution in [0.3, 0.4) is 0 Å². The second-order valence-electron chi connectivity index (χ2n) is 4.47. The van der Waals surface area contributed by atoms with E-state index in [1.54, 1.807) is 24.3 Å². The van der Waals surface area contributed by atoms with Gasteiger partial charge in [0.1, 0.15) is 5.82 Å². The Balaban J connectivity index is 2.37. The fraction of sp³-hybridized carbons (Fsp3) is 0.308. The number of aryl methyl sites for hydroxylation is 1. The highest BCUT2D eigenvalue weighted by molar-refractivity contribution is 5.56. The topological polar surface area (TPSA) is 54.7 Å². The van der Waals surface area contributed by atoms with Gasteiger partial charge < -0.3 is 10.7 Å². The summed E-state index contributed by atoms with van der Waals surface area (Å²) in [5.74, 6) is 0.209. The van der Waals surface area contributed by atoms with E-state index in [-0.39, 0.29) is 17.6 Å². The minimum absolute atomic E-state index is 0.0127. The summed E-state index contributed by atoms with van der Waals surface area (Å²) in [5, 5.41) is 0. The highest BCUT2D eigenvalue weighted by Gasteiger charge is 2.36. The average Bonchev–Trinajstić information content (AvgIpc) is 2.71. The summed E-state index contributed by atoms with van der Waals surface area (Å²) in [6.45, 7) is 3.20. The molecule has 2 rings (SSSR count). The van der Waals surface area contributed by atoms with E-state index in [4.69, 9.17) is 5.73 Å². The maximum atomic E-state index is 12.6. The minimum atomic E-state index is -4.44. The van der Waals surface area contributed by atoms with Gasteiger partial charge in [-0.25, -0.2) is 4.98 Å². The Bertz CT molecular complexity index is 568. The van der Waals surface area contributed by atoms with Crippen molar-refractivity contribution in [2.45, 2.75) is 26.1 Å². The molecule has 0 aliphatic rings. The van der Waals surface area contributed by atoms with Crippen LogP contribution >= 0.6 is 0 Å². The van der Waals surface area contributed by atoms with Crippen LogP contribution in [0.2, 0.25) is 0 Å². The van der Waals surface area contributed by atoms with Crippen LogP contribution < -0.4 is 5.73 Å². The van der Waals surface area contributed by atoms with Gasteiger partial charge in [0.2, 0.25) is 0 Å². The lowest BCUT2D eigenvalue weighted by molar-refractivity contribution is -0.141. The Labute approximate surface area is 108 Å². The number of nitrogens with zero attached hydrogens (tertiary/aromatic N) is 1. The molecule has 0 aliphatic carbocycles. The van der Waals surface area contributed by atoms with Crippen molar-refractivity contribution < 1.29 is 13.2 Å². The van der Waals surface area contributed by atoms with Gasteiger partial charge in [0.05, 0.1) is 0 Å². The Morgan fingerprint density at radius 3 is 2.21 bits per heavy atom. The van der Waals surface area contributed by atoms with Gasteiger partial charge in [0.25, 0.3) is 0 Å². The number of hydrogen-bond acceptors (Lipinski definition) is 2. The first-order valence-corrected chi connectivity index (χ1v) is 5.78. The second-order valence-corrected chi connectivity index (χ2v) is 4.47. The van der Waals surface area contributed by atoms with Crippen LogP contribution in [-0.4, -0.2) is 9.97 Å². The van der Waals surface area contributed by atoms with Gasteiger partial charge in [-0.3, -0.25) is 0 Å². The SMILES string of the molecule is Cc1[nH]c(-c2ccc([C@@H](C)N)cc2)nc1C(F)(F)F. The molecule has 0 radical (unpaired) electrons. The smallest absolute Gasteiger partial charge is 0.342 e. The molecule has 0 spiro atoms. The van der Waals surface area contributed by atoms with Crippen LogP contribution in [0.4, 0.5) is 13.2 Å². The van der Waals surface area contributed by atoms with Crippen molar-refractivity contribution in [3.05, 3.63) is 41.2 Å². The number of aromatic nitrogens is 2. The zero-order valence-electron chi connectivity index (χ0n) is 10.5. The van der Waals surface area contributed by atoms with Crippen LogP contribution in [-0.2, 0) is 6.18 Å². The molecule has 0 unspecified atom stereocenters. The third-order valence-corrected chi connectivity index (χ3v) is 2.86. The molecular formula is C13H14F3N3. The van der Waals surface area contributed by atoms with E-state index < -0.39 is 11.9 Å². The van der Waals surface area contributed by atoms with Crippen LogP contribution in [0, 0.1) is 6.92 Å². The molecule has 1 heterocycles. The average molecular weight is 269 g/mol. The number of rotatable bonds is 2. The van der Waals surface area contributed by atoms with Crippen LogP contribution in [0.15, 0.2) is 24.3 Å². The lowest BCUT2D eigenvalue weighted by Crippen LogP contribution is -2.07. The fourth-order valence-electron chi connectivity index (χ4n) is 1.82. The van der Waals surface area contributed by atoms with E-state index in [2.05, 4.69) is 9.97 Å². The summed E-state index contributed by atoms with van der Waals surface area (Å²) in [7, 11) is 0. The third kappa shape index (κ3) is 2.78. The van der Waals surface area contributed by atoms with E-state index in [1.807, 2.05) is 6.92 Å². The standard InChI is InChI=1S/C13H14F3N3/c1-7(17)9-3-5-10(6-4-9)12-18-8(2)11(19-12)13(14,15)16/h3-7H,17H2,1-2H3,(H,18,19)/t7-/m1/s1. The fourth-order valence-corrected chi connectivity index (χ4v) is 1.82. The van der Waals surface area contributed by atoms with Crippen molar-refractivity contribution in [3.63, 3.8) is 0 Å². The summed E-state index contributed by atoms with van der Waals surface area (Å²) >= 11 is 0. The van der Waals surface area contributed by atoms with Gasteiger partial charge in [-0.1, -0.05) is 24.3 Å². The van der Waals surface area contributed by atoms with Crippen molar-refractivity contribution in [2.75, 3.05) is 0 Å². The molecule has 0 amide bonds. The van der Waals surface area contributed by atoms with E-state index in [0.717, 1.165) is 5.56 Å². The summed E-state index contributed by atoms with van der Waals surface area (Å²) in [6.07, 6.45) is -4.44. The number of nitrogens with two attached hydrogens (primary N) is 1. The largest absolute Gasteiger partial charge is 0.435 e. The van der Waals surface area contributed by atoms with Crippen LogP contribution in [0.1, 0.15) is 29.9 Å². The number of benzene rings is 1. The molecule has 0 bridgehead atoms. The predicted molar refractivity (Wildman–Crippen MR) is 66.4 cm³/mol. The highest BCUT2D eigenvalue weighted by Crippen LogP contribution is 2.32. The molecule has 1 aromatic heterocycles. The molecule has 19 heavy (non-hydrogen) atoms. The number of hydrogen-bond donors (Lipinski definition) is 2. The predicted octanol–water partition coefficient (Wildman–Crippen LogP) is 3.42. The van der Waals surface area contributed by atoms with Crippen molar-refractivity contribution in [1.29, 1.82) is 0 Å². The number of imidazole rings is 1. The quantitative estimate of drug-likeness (QED) is 0.877.